The minimum atomic E-state index is 0.0363. The van der Waals surface area contributed by atoms with Crippen molar-refractivity contribution in [2.75, 3.05) is 0 Å². The maximum Gasteiger partial charge on any atom is 0.269 e. The van der Waals surface area contributed by atoms with E-state index in [1.807, 2.05) is 53.7 Å². The van der Waals surface area contributed by atoms with Crippen LogP contribution < -0.4 is 10.4 Å². The minimum absolute atomic E-state index is 0.0363. The molecule has 0 spiro atoms. The molecular weight excluding hydrogens is 320 g/mol. The molecule has 2 aromatic rings. The highest BCUT2D eigenvalue weighted by atomic mass is 14.7. The molecule has 0 aromatic heterocycles. The maximum absolute atomic E-state index is 9.50. The summed E-state index contributed by atoms with van der Waals surface area (Å²) in [7, 11) is 0. The van der Waals surface area contributed by atoms with Crippen LogP contribution in [0.5, 0.6) is 0 Å². The zero-order chi connectivity index (χ0) is 19.8. The summed E-state index contributed by atoms with van der Waals surface area (Å²) in [5, 5.41) is 21.8. The van der Waals surface area contributed by atoms with Gasteiger partial charge in [-0.3, -0.25) is 0 Å². The van der Waals surface area contributed by atoms with Crippen molar-refractivity contribution >= 4 is 22.2 Å². The summed E-state index contributed by atoms with van der Waals surface area (Å²) in [5.41, 5.74) is 5.73. The molecule has 0 amide bonds. The van der Waals surface area contributed by atoms with Gasteiger partial charge in [-0.15, -0.1) is 0 Å². The van der Waals surface area contributed by atoms with E-state index in [-0.39, 0.29) is 11.4 Å². The summed E-state index contributed by atoms with van der Waals surface area (Å²) < 4.78 is 0. The largest absolute Gasteiger partial charge is 0.269 e. The monoisotopic (exact) mass is 338 g/mol. The van der Waals surface area contributed by atoms with E-state index in [0.29, 0.717) is 10.4 Å². The molecule has 2 aromatic carbocycles. The molecule has 0 bridgehead atoms. The number of rotatable bonds is 0. The zero-order valence-corrected chi connectivity index (χ0v) is 15.8. The highest BCUT2D eigenvalue weighted by molar-refractivity contribution is 5.97. The van der Waals surface area contributed by atoms with E-state index in [9.17, 15) is 10.5 Å². The Labute approximate surface area is 153 Å². The van der Waals surface area contributed by atoms with Crippen molar-refractivity contribution < 1.29 is 0 Å². The van der Waals surface area contributed by atoms with Crippen molar-refractivity contribution in [1.29, 1.82) is 10.5 Å². The van der Waals surface area contributed by atoms with Crippen LogP contribution in [-0.2, 0) is 0 Å². The average Bonchev–Trinajstić information content (AvgIpc) is 2.64. The van der Waals surface area contributed by atoms with E-state index in [4.69, 9.17) is 13.1 Å². The van der Waals surface area contributed by atoms with Gasteiger partial charge in [-0.2, -0.15) is 0 Å². The molecule has 0 heterocycles. The molecule has 4 heteroatoms. The fourth-order valence-electron chi connectivity index (χ4n) is 3.55. The summed E-state index contributed by atoms with van der Waals surface area (Å²) >= 11 is 0. The molecule has 126 valence electrons. The Morgan fingerprint density at radius 2 is 0.923 bits per heavy atom. The van der Waals surface area contributed by atoms with Crippen molar-refractivity contribution in [1.82, 2.24) is 0 Å². The van der Waals surface area contributed by atoms with Crippen molar-refractivity contribution in [3.63, 3.8) is 0 Å². The van der Waals surface area contributed by atoms with Crippen LogP contribution in [0.15, 0.2) is 0 Å². The maximum atomic E-state index is 9.50. The summed E-state index contributed by atoms with van der Waals surface area (Å²) in [6, 6.07) is 4.03. The van der Waals surface area contributed by atoms with Gasteiger partial charge in [0, 0.05) is 10.4 Å². The number of nitrogens with zero attached hydrogens (tertiary/aromatic N) is 4. The molecule has 0 atom stereocenters. The van der Waals surface area contributed by atoms with Crippen LogP contribution in [0.25, 0.3) is 31.9 Å². The van der Waals surface area contributed by atoms with E-state index in [0.717, 1.165) is 44.2 Å². The molecule has 0 unspecified atom stereocenters. The molecule has 0 aliphatic rings. The Bertz CT molecular complexity index is 1130. The summed E-state index contributed by atoms with van der Waals surface area (Å²) in [5.74, 6) is 0. The van der Waals surface area contributed by atoms with Gasteiger partial charge >= 0.3 is 0 Å². The van der Waals surface area contributed by atoms with Crippen molar-refractivity contribution in [3.8, 4) is 12.1 Å². The average molecular weight is 338 g/mol. The Balaban J connectivity index is 3.69. The first-order chi connectivity index (χ1) is 12.3. The Morgan fingerprint density at radius 1 is 0.615 bits per heavy atom. The van der Waals surface area contributed by atoms with Crippen LogP contribution in [0.2, 0.25) is 0 Å². The van der Waals surface area contributed by atoms with E-state index >= 15 is 0 Å². The van der Waals surface area contributed by atoms with Crippen LogP contribution in [0.3, 0.4) is 0 Å². The molecule has 0 aliphatic carbocycles. The standard InChI is InChI=1S/C22H18N4/c1-11-12(2)14(4)22-20(18(10-24)26-8)16(6)15(5)19(17(9-23)25-7)21(22)13(11)3/h1-6H3/b19-17-,20-18-. The number of hydrogen-bond acceptors (Lipinski definition) is 2. The molecule has 0 saturated carbocycles. The first-order valence-corrected chi connectivity index (χ1v) is 8.09. The lowest BCUT2D eigenvalue weighted by Gasteiger charge is -2.19. The summed E-state index contributed by atoms with van der Waals surface area (Å²) in [6.07, 6.45) is 0. The highest BCUT2D eigenvalue weighted by Gasteiger charge is 2.18. The number of nitriles is 2. The van der Waals surface area contributed by atoms with Gasteiger partial charge in [0.2, 0.25) is 0 Å². The second-order valence-corrected chi connectivity index (χ2v) is 6.39. The lowest BCUT2D eigenvalue weighted by molar-refractivity contribution is 1.22. The third kappa shape index (κ3) is 2.41. The molecule has 0 fully saturated rings. The third-order valence-electron chi connectivity index (χ3n) is 5.41. The van der Waals surface area contributed by atoms with Gasteiger partial charge in [0.05, 0.1) is 25.3 Å². The van der Waals surface area contributed by atoms with Crippen LogP contribution in [0, 0.1) is 77.3 Å². The number of hydrogen-bond donors (Lipinski definition) is 0. The van der Waals surface area contributed by atoms with Gasteiger partial charge < -0.3 is 0 Å². The van der Waals surface area contributed by atoms with Gasteiger partial charge in [-0.05, 0) is 74.6 Å². The van der Waals surface area contributed by atoms with Gasteiger partial charge in [0.25, 0.3) is 11.4 Å². The molecule has 2 rings (SSSR count). The third-order valence-corrected chi connectivity index (χ3v) is 5.41. The summed E-state index contributed by atoms with van der Waals surface area (Å²) in [4.78, 5) is 6.88. The SMILES string of the molecule is [C-]#[N+]/C(C#N)=c1/c(C)c(C)/c(=C(\C#N)[N+]#[C-])c2c(C)c(C)c(C)c(C)c12. The van der Waals surface area contributed by atoms with E-state index in [1.54, 1.807) is 0 Å². The highest BCUT2D eigenvalue weighted by Crippen LogP contribution is 2.27. The smallest absolute Gasteiger partial charge is 0.226 e. The number of fused-ring (bicyclic) bond motifs is 1. The second-order valence-electron chi connectivity index (χ2n) is 6.39. The number of aryl methyl sites for hydroxylation is 2. The zero-order valence-electron chi connectivity index (χ0n) is 15.8. The van der Waals surface area contributed by atoms with Crippen LogP contribution >= 0.6 is 0 Å². The van der Waals surface area contributed by atoms with Crippen LogP contribution in [0.4, 0.5) is 0 Å². The van der Waals surface area contributed by atoms with E-state index in [1.165, 1.54) is 0 Å². The predicted molar refractivity (Wildman–Crippen MR) is 103 cm³/mol. The molecule has 0 radical (unpaired) electrons. The lowest BCUT2D eigenvalue weighted by atomic mass is 9.85. The first kappa shape index (κ1) is 18.7. The van der Waals surface area contributed by atoms with Crippen LogP contribution in [0.1, 0.15) is 33.4 Å². The fraction of sp³-hybridized carbons (Fsp3) is 0.273. The Morgan fingerprint density at radius 3 is 1.15 bits per heavy atom. The number of benzene rings is 2. The molecule has 0 N–H and O–H groups in total. The minimum Gasteiger partial charge on any atom is -0.226 e. The van der Waals surface area contributed by atoms with Crippen molar-refractivity contribution in [2.24, 2.45) is 0 Å². The Hall–Kier alpha value is -3.60. The quantitative estimate of drug-likeness (QED) is 0.686. The molecule has 0 aliphatic heterocycles. The predicted octanol–water partition coefficient (Wildman–Crippen LogP) is 3.79. The van der Waals surface area contributed by atoms with Crippen molar-refractivity contribution in [2.45, 2.75) is 41.5 Å². The van der Waals surface area contributed by atoms with Gasteiger partial charge in [-0.1, -0.05) is 11.1 Å². The molecule has 0 saturated heterocycles. The Kier molecular flexibility index (Phi) is 4.84. The van der Waals surface area contributed by atoms with Gasteiger partial charge in [0.1, 0.15) is 0 Å². The summed E-state index contributed by atoms with van der Waals surface area (Å²) in [6.45, 7) is 26.5. The van der Waals surface area contributed by atoms with Crippen LogP contribution in [-0.4, -0.2) is 0 Å². The first-order valence-electron chi connectivity index (χ1n) is 8.09. The fourth-order valence-corrected chi connectivity index (χ4v) is 3.55. The normalized spacial score (nSPS) is 12.5. The molecule has 4 nitrogen and oxygen atoms in total. The molecule has 26 heavy (non-hydrogen) atoms. The van der Waals surface area contributed by atoms with Gasteiger partial charge in [-0.25, -0.2) is 20.2 Å². The van der Waals surface area contributed by atoms with E-state index in [2.05, 4.69) is 9.69 Å². The second kappa shape index (κ2) is 6.72. The van der Waals surface area contributed by atoms with E-state index < -0.39 is 0 Å². The molecular formula is C22H18N4. The van der Waals surface area contributed by atoms with Crippen molar-refractivity contribution in [3.05, 3.63) is 66.7 Å². The van der Waals surface area contributed by atoms with Gasteiger partial charge in [0.15, 0.2) is 0 Å². The lowest BCUT2D eigenvalue weighted by Crippen LogP contribution is -2.25. The topological polar surface area (TPSA) is 56.3 Å².